The number of aliphatic imine (C=N–C) groups is 1. The lowest BCUT2D eigenvalue weighted by Crippen LogP contribution is -2.41. The molecule has 0 amide bonds. The quantitative estimate of drug-likeness (QED) is 0.401. The average molecular weight is 356 g/mol. The van der Waals surface area contributed by atoms with E-state index in [0.717, 1.165) is 12.2 Å². The summed E-state index contributed by atoms with van der Waals surface area (Å²) in [4.78, 5) is 4.38. The third-order valence-corrected chi connectivity index (χ3v) is 5.73. The van der Waals surface area contributed by atoms with E-state index in [1.165, 1.54) is 6.26 Å². The predicted molar refractivity (Wildman–Crippen MR) is 99.5 cm³/mol. The van der Waals surface area contributed by atoms with Crippen molar-refractivity contribution in [2.75, 3.05) is 32.5 Å². The van der Waals surface area contributed by atoms with E-state index in [2.05, 4.69) is 15.6 Å². The molecule has 0 saturated carbocycles. The standard InChI is InChI=1S/C17H29N3O3S/c1-5-18-16(20-14-17(2,3)24(4,21)22)19-12-9-13-23-15-10-7-6-8-11-15/h6-8,10-11H,5,9,12-14H2,1-4H3,(H2,18,19,20). The first kappa shape index (κ1) is 20.3. The van der Waals surface area contributed by atoms with Crippen molar-refractivity contribution in [1.29, 1.82) is 0 Å². The van der Waals surface area contributed by atoms with Crippen LogP contribution in [0.3, 0.4) is 0 Å². The van der Waals surface area contributed by atoms with Crippen LogP contribution in [0.15, 0.2) is 35.3 Å². The summed E-state index contributed by atoms with van der Waals surface area (Å²) in [6.07, 6.45) is 2.05. The van der Waals surface area contributed by atoms with Crippen molar-refractivity contribution in [1.82, 2.24) is 10.6 Å². The topological polar surface area (TPSA) is 79.8 Å². The minimum atomic E-state index is -3.16. The molecule has 0 unspecified atom stereocenters. The van der Waals surface area contributed by atoms with Crippen molar-refractivity contribution in [2.24, 2.45) is 4.99 Å². The molecule has 0 aliphatic rings. The summed E-state index contributed by atoms with van der Waals surface area (Å²) in [6, 6.07) is 9.67. The number of ether oxygens (including phenoxy) is 1. The smallest absolute Gasteiger partial charge is 0.191 e. The molecule has 1 rings (SSSR count). The molecule has 1 aromatic rings. The van der Waals surface area contributed by atoms with E-state index in [1.54, 1.807) is 13.8 Å². The van der Waals surface area contributed by atoms with Gasteiger partial charge in [0.15, 0.2) is 15.8 Å². The zero-order valence-corrected chi connectivity index (χ0v) is 15.8. The Morgan fingerprint density at radius 2 is 1.88 bits per heavy atom. The van der Waals surface area contributed by atoms with E-state index in [-0.39, 0.29) is 6.54 Å². The number of hydrogen-bond acceptors (Lipinski definition) is 4. The summed E-state index contributed by atoms with van der Waals surface area (Å²) in [6.45, 7) is 7.56. The van der Waals surface area contributed by atoms with Gasteiger partial charge in [-0.15, -0.1) is 0 Å². The van der Waals surface area contributed by atoms with Gasteiger partial charge in [0, 0.05) is 19.3 Å². The molecule has 136 valence electrons. The molecule has 0 heterocycles. The van der Waals surface area contributed by atoms with Gasteiger partial charge in [-0.1, -0.05) is 18.2 Å². The Hall–Kier alpha value is -1.76. The third kappa shape index (κ3) is 7.21. The van der Waals surface area contributed by atoms with E-state index in [9.17, 15) is 8.42 Å². The maximum Gasteiger partial charge on any atom is 0.191 e. The summed E-state index contributed by atoms with van der Waals surface area (Å²) in [7, 11) is -3.16. The highest BCUT2D eigenvalue weighted by molar-refractivity contribution is 7.92. The fourth-order valence-electron chi connectivity index (χ4n) is 1.71. The highest BCUT2D eigenvalue weighted by Crippen LogP contribution is 2.15. The van der Waals surface area contributed by atoms with Crippen LogP contribution >= 0.6 is 0 Å². The van der Waals surface area contributed by atoms with Crippen LogP contribution in [0.4, 0.5) is 0 Å². The largest absolute Gasteiger partial charge is 0.494 e. The molecule has 0 fully saturated rings. The summed E-state index contributed by atoms with van der Waals surface area (Å²) >= 11 is 0. The molecule has 0 aliphatic heterocycles. The van der Waals surface area contributed by atoms with E-state index >= 15 is 0 Å². The lowest BCUT2D eigenvalue weighted by Gasteiger charge is -2.21. The fourth-order valence-corrected chi connectivity index (χ4v) is 2.01. The maximum absolute atomic E-state index is 11.7. The molecular weight excluding hydrogens is 326 g/mol. The number of benzene rings is 1. The molecule has 0 bridgehead atoms. The first-order valence-electron chi connectivity index (χ1n) is 8.16. The summed E-state index contributed by atoms with van der Waals surface area (Å²) in [5.41, 5.74) is 0. The Labute approximate surface area is 145 Å². The molecular formula is C17H29N3O3S. The zero-order chi connectivity index (χ0) is 18.1. The Bertz CT molecular complexity index is 613. The van der Waals surface area contributed by atoms with Gasteiger partial charge < -0.3 is 15.4 Å². The molecule has 0 atom stereocenters. The number of nitrogens with zero attached hydrogens (tertiary/aromatic N) is 1. The third-order valence-electron chi connectivity index (χ3n) is 3.59. The number of para-hydroxylation sites is 1. The monoisotopic (exact) mass is 355 g/mol. The first-order chi connectivity index (χ1) is 11.3. The fraction of sp³-hybridized carbons (Fsp3) is 0.588. The van der Waals surface area contributed by atoms with Crippen LogP contribution in [0.2, 0.25) is 0 Å². The van der Waals surface area contributed by atoms with Crippen molar-refractivity contribution in [3.05, 3.63) is 30.3 Å². The lowest BCUT2D eigenvalue weighted by molar-refractivity contribution is 0.311. The number of hydrogen-bond donors (Lipinski definition) is 2. The molecule has 6 nitrogen and oxygen atoms in total. The van der Waals surface area contributed by atoms with E-state index in [4.69, 9.17) is 4.74 Å². The second-order valence-corrected chi connectivity index (χ2v) is 8.82. The molecule has 1 aromatic carbocycles. The normalized spacial score (nSPS) is 12.8. The van der Waals surface area contributed by atoms with Gasteiger partial charge in [0.25, 0.3) is 0 Å². The molecule has 2 N–H and O–H groups in total. The van der Waals surface area contributed by atoms with Crippen LogP contribution in [-0.2, 0) is 9.84 Å². The summed E-state index contributed by atoms with van der Waals surface area (Å²) in [5, 5.41) is 6.31. The molecule has 0 radical (unpaired) electrons. The lowest BCUT2D eigenvalue weighted by atomic mass is 10.2. The summed E-state index contributed by atoms with van der Waals surface area (Å²) in [5.74, 6) is 1.47. The predicted octanol–water partition coefficient (Wildman–Crippen LogP) is 1.83. The minimum absolute atomic E-state index is 0.210. The molecule has 24 heavy (non-hydrogen) atoms. The van der Waals surface area contributed by atoms with Gasteiger partial charge in [-0.05, 0) is 39.3 Å². The Kier molecular flexibility index (Phi) is 8.04. The molecule has 0 spiro atoms. The first-order valence-corrected chi connectivity index (χ1v) is 10.0. The molecule has 7 heteroatoms. The highest BCUT2D eigenvalue weighted by Gasteiger charge is 2.29. The Balaban J connectivity index is 2.41. The van der Waals surface area contributed by atoms with Gasteiger partial charge in [-0.2, -0.15) is 0 Å². The Morgan fingerprint density at radius 1 is 1.21 bits per heavy atom. The maximum atomic E-state index is 11.7. The molecule has 0 saturated heterocycles. The number of sulfone groups is 1. The number of rotatable bonds is 9. The van der Waals surface area contributed by atoms with Crippen molar-refractivity contribution in [3.63, 3.8) is 0 Å². The van der Waals surface area contributed by atoms with Crippen molar-refractivity contribution in [3.8, 4) is 5.75 Å². The van der Waals surface area contributed by atoms with Crippen LogP contribution in [0.1, 0.15) is 27.2 Å². The second kappa shape index (κ2) is 9.52. The van der Waals surface area contributed by atoms with Gasteiger partial charge >= 0.3 is 0 Å². The molecule has 0 aliphatic carbocycles. The average Bonchev–Trinajstić information content (AvgIpc) is 2.52. The van der Waals surface area contributed by atoms with Gasteiger partial charge in [-0.25, -0.2) is 8.42 Å². The van der Waals surface area contributed by atoms with Gasteiger partial charge in [0.1, 0.15) is 5.75 Å². The summed E-state index contributed by atoms with van der Waals surface area (Å²) < 4.78 is 28.2. The van der Waals surface area contributed by atoms with Crippen molar-refractivity contribution >= 4 is 15.8 Å². The van der Waals surface area contributed by atoms with Crippen LogP contribution in [0.25, 0.3) is 0 Å². The minimum Gasteiger partial charge on any atom is -0.494 e. The zero-order valence-electron chi connectivity index (χ0n) is 15.0. The Morgan fingerprint density at radius 3 is 2.46 bits per heavy atom. The van der Waals surface area contributed by atoms with E-state index in [0.29, 0.717) is 25.7 Å². The second-order valence-electron chi connectivity index (χ2n) is 6.17. The highest BCUT2D eigenvalue weighted by atomic mass is 32.2. The number of guanidine groups is 1. The van der Waals surface area contributed by atoms with Crippen molar-refractivity contribution < 1.29 is 13.2 Å². The van der Waals surface area contributed by atoms with Crippen LogP contribution < -0.4 is 15.4 Å². The molecule has 0 aromatic heterocycles. The van der Waals surface area contributed by atoms with Gasteiger partial charge in [-0.3, -0.25) is 4.99 Å². The number of nitrogens with one attached hydrogen (secondary N) is 2. The van der Waals surface area contributed by atoms with Crippen LogP contribution in [-0.4, -0.2) is 51.6 Å². The van der Waals surface area contributed by atoms with Crippen LogP contribution in [0, 0.1) is 0 Å². The van der Waals surface area contributed by atoms with Crippen molar-refractivity contribution in [2.45, 2.75) is 31.9 Å². The SMILES string of the molecule is CCNC(=NCC(C)(C)S(C)(=O)=O)NCCCOc1ccccc1. The van der Waals surface area contributed by atoms with Gasteiger partial charge in [0.05, 0.1) is 17.9 Å². The van der Waals surface area contributed by atoms with Gasteiger partial charge in [0.2, 0.25) is 0 Å². The van der Waals surface area contributed by atoms with E-state index in [1.807, 2.05) is 37.3 Å². The van der Waals surface area contributed by atoms with Crippen LogP contribution in [0.5, 0.6) is 5.75 Å². The van der Waals surface area contributed by atoms with E-state index < -0.39 is 14.6 Å².